The first kappa shape index (κ1) is 21.4. The maximum absolute atomic E-state index is 13.9. The molecule has 1 spiro atoms. The summed E-state index contributed by atoms with van der Waals surface area (Å²) in [7, 11) is 0. The number of piperidine rings is 1. The van der Waals surface area contributed by atoms with Gasteiger partial charge in [-0.15, -0.1) is 0 Å². The second-order valence-corrected chi connectivity index (χ2v) is 10.2. The average molecular weight is 461 g/mol. The van der Waals surface area contributed by atoms with Crippen LogP contribution in [0.3, 0.4) is 0 Å². The third-order valence-electron chi connectivity index (χ3n) is 8.10. The van der Waals surface area contributed by atoms with Gasteiger partial charge in [0.25, 0.3) is 0 Å². The van der Waals surface area contributed by atoms with Crippen molar-refractivity contribution in [3.8, 4) is 0 Å². The first-order chi connectivity index (χ1) is 16.3. The number of fused-ring (bicyclic) bond motifs is 2. The molecule has 1 N–H and O–H groups in total. The Bertz CT molecular complexity index is 1180. The molecule has 2 aromatic rings. The minimum absolute atomic E-state index is 0.0732. The van der Waals surface area contributed by atoms with E-state index in [-0.39, 0.29) is 24.0 Å². The van der Waals surface area contributed by atoms with Crippen molar-refractivity contribution in [2.24, 2.45) is 17.8 Å². The van der Waals surface area contributed by atoms with Crippen LogP contribution in [-0.4, -0.2) is 40.2 Å². The van der Waals surface area contributed by atoms with E-state index in [1.807, 2.05) is 43.3 Å². The van der Waals surface area contributed by atoms with Crippen LogP contribution in [0.1, 0.15) is 50.5 Å². The SMILES string of the molecule is CC(C)c1ccc(NC(=O)[C@@H]2[C@@H]3C=C[C@]4(O3)[C@@H]2C(=O)N2[C@@H](c3ccco3)CC(=O)[C@H](C)[C@@H]24)cc1. The fourth-order valence-electron chi connectivity index (χ4n) is 6.44. The van der Waals surface area contributed by atoms with Gasteiger partial charge in [-0.2, -0.15) is 0 Å². The summed E-state index contributed by atoms with van der Waals surface area (Å²) in [6, 6.07) is 10.4. The largest absolute Gasteiger partial charge is 0.467 e. The summed E-state index contributed by atoms with van der Waals surface area (Å²) in [5.41, 5.74) is 0.898. The maximum atomic E-state index is 13.9. The predicted octanol–water partition coefficient (Wildman–Crippen LogP) is 3.84. The van der Waals surface area contributed by atoms with Gasteiger partial charge in [-0.25, -0.2) is 0 Å². The van der Waals surface area contributed by atoms with Crippen LogP contribution < -0.4 is 5.32 Å². The second kappa shape index (κ2) is 7.40. The first-order valence-electron chi connectivity index (χ1n) is 12.0. The first-order valence-corrected chi connectivity index (χ1v) is 12.0. The molecular formula is C27H28N2O5. The van der Waals surface area contributed by atoms with Crippen LogP contribution in [0.25, 0.3) is 0 Å². The van der Waals surface area contributed by atoms with Crippen molar-refractivity contribution in [1.82, 2.24) is 4.90 Å². The van der Waals surface area contributed by atoms with Gasteiger partial charge in [0.2, 0.25) is 11.8 Å². The smallest absolute Gasteiger partial charge is 0.231 e. The van der Waals surface area contributed by atoms with Crippen molar-refractivity contribution in [1.29, 1.82) is 0 Å². The number of Topliss-reactive ketones (excluding diaryl/α,β-unsaturated/α-hetero) is 1. The van der Waals surface area contributed by atoms with Crippen LogP contribution in [0.5, 0.6) is 0 Å². The Balaban J connectivity index is 1.34. The summed E-state index contributed by atoms with van der Waals surface area (Å²) < 4.78 is 12.0. The van der Waals surface area contributed by atoms with Gasteiger partial charge in [-0.3, -0.25) is 14.4 Å². The molecule has 0 unspecified atom stereocenters. The van der Waals surface area contributed by atoms with Crippen LogP contribution in [0.2, 0.25) is 0 Å². The lowest BCUT2D eigenvalue weighted by molar-refractivity contribution is -0.147. The van der Waals surface area contributed by atoms with Crippen molar-refractivity contribution in [2.45, 2.75) is 56.9 Å². The minimum atomic E-state index is -0.981. The van der Waals surface area contributed by atoms with Gasteiger partial charge in [-0.05, 0) is 35.7 Å². The van der Waals surface area contributed by atoms with Crippen LogP contribution in [0.4, 0.5) is 5.69 Å². The molecule has 2 amide bonds. The number of furan rings is 1. The molecule has 0 radical (unpaired) electrons. The van der Waals surface area contributed by atoms with Gasteiger partial charge in [0.1, 0.15) is 17.1 Å². The average Bonchev–Trinajstić information content (AvgIpc) is 3.59. The molecule has 5 heterocycles. The van der Waals surface area contributed by atoms with Crippen LogP contribution in [0.15, 0.2) is 59.2 Å². The number of ether oxygens (including phenoxy) is 1. The van der Waals surface area contributed by atoms with E-state index in [1.165, 1.54) is 5.56 Å². The van der Waals surface area contributed by atoms with Gasteiger partial charge in [0, 0.05) is 18.0 Å². The van der Waals surface area contributed by atoms with Crippen LogP contribution >= 0.6 is 0 Å². The number of nitrogens with one attached hydrogen (secondary N) is 1. The number of ketones is 1. The molecule has 7 heteroatoms. The van der Waals surface area contributed by atoms with Gasteiger partial charge < -0.3 is 19.4 Å². The molecule has 0 aliphatic carbocycles. The third-order valence-corrected chi connectivity index (χ3v) is 8.10. The Hall–Kier alpha value is -3.19. The van der Waals surface area contributed by atoms with Crippen LogP contribution in [-0.2, 0) is 19.1 Å². The number of carbonyl (C=O) groups excluding carboxylic acids is 3. The number of hydrogen-bond acceptors (Lipinski definition) is 5. The number of carbonyl (C=O) groups is 3. The molecule has 3 fully saturated rings. The molecule has 1 aromatic heterocycles. The Kier molecular flexibility index (Phi) is 4.65. The molecule has 6 rings (SSSR count). The second-order valence-electron chi connectivity index (χ2n) is 10.2. The topological polar surface area (TPSA) is 88.8 Å². The Morgan fingerprint density at radius 1 is 1.18 bits per heavy atom. The van der Waals surface area contributed by atoms with Crippen molar-refractivity contribution < 1.29 is 23.5 Å². The number of rotatable bonds is 4. The van der Waals surface area contributed by atoms with Crippen molar-refractivity contribution in [3.63, 3.8) is 0 Å². The zero-order chi connectivity index (χ0) is 23.8. The van der Waals surface area contributed by atoms with Crippen molar-refractivity contribution in [2.75, 3.05) is 5.32 Å². The predicted molar refractivity (Wildman–Crippen MR) is 124 cm³/mol. The van der Waals surface area contributed by atoms with E-state index in [2.05, 4.69) is 19.2 Å². The summed E-state index contributed by atoms with van der Waals surface area (Å²) >= 11 is 0. The van der Waals surface area contributed by atoms with Gasteiger partial charge in [0.05, 0.1) is 36.3 Å². The Morgan fingerprint density at radius 2 is 1.94 bits per heavy atom. The highest BCUT2D eigenvalue weighted by Crippen LogP contribution is 2.60. The van der Waals surface area contributed by atoms with Gasteiger partial charge in [-0.1, -0.05) is 45.1 Å². The quantitative estimate of drug-likeness (QED) is 0.701. The number of benzene rings is 1. The molecule has 176 valence electrons. The van der Waals surface area contributed by atoms with E-state index in [0.717, 1.165) is 0 Å². The van der Waals surface area contributed by atoms with Gasteiger partial charge in [0.15, 0.2) is 0 Å². The molecular weight excluding hydrogens is 432 g/mol. The Morgan fingerprint density at radius 3 is 2.62 bits per heavy atom. The van der Waals surface area contributed by atoms with Crippen LogP contribution in [0, 0.1) is 17.8 Å². The van der Waals surface area contributed by atoms with E-state index >= 15 is 0 Å². The van der Waals surface area contributed by atoms with Gasteiger partial charge >= 0.3 is 0 Å². The fourth-order valence-corrected chi connectivity index (χ4v) is 6.44. The zero-order valence-electron chi connectivity index (χ0n) is 19.4. The van der Waals surface area contributed by atoms with E-state index in [1.54, 1.807) is 23.3 Å². The lowest BCUT2D eigenvalue weighted by Gasteiger charge is -2.43. The number of hydrogen-bond donors (Lipinski definition) is 1. The molecule has 0 saturated carbocycles. The molecule has 2 bridgehead atoms. The summed E-state index contributed by atoms with van der Waals surface area (Å²) in [5.74, 6) is -1.05. The van der Waals surface area contributed by atoms with E-state index in [9.17, 15) is 14.4 Å². The summed E-state index contributed by atoms with van der Waals surface area (Å²) in [6.45, 7) is 6.10. The molecule has 3 saturated heterocycles. The molecule has 4 aliphatic rings. The molecule has 7 atom stereocenters. The number of amides is 2. The summed E-state index contributed by atoms with van der Waals surface area (Å²) in [5, 5.41) is 3.00. The highest BCUT2D eigenvalue weighted by molar-refractivity contribution is 6.00. The number of nitrogens with zero attached hydrogens (tertiary/aromatic N) is 1. The van der Waals surface area contributed by atoms with Crippen molar-refractivity contribution in [3.05, 3.63) is 66.1 Å². The third kappa shape index (κ3) is 2.83. The Labute approximate surface area is 198 Å². The van der Waals surface area contributed by atoms with E-state index < -0.39 is 41.5 Å². The lowest BCUT2D eigenvalue weighted by atomic mass is 9.70. The summed E-state index contributed by atoms with van der Waals surface area (Å²) in [4.78, 5) is 42.2. The van der Waals surface area contributed by atoms with E-state index in [0.29, 0.717) is 17.4 Å². The molecule has 1 aromatic carbocycles. The monoisotopic (exact) mass is 460 g/mol. The molecule has 34 heavy (non-hydrogen) atoms. The van der Waals surface area contributed by atoms with Crippen molar-refractivity contribution >= 4 is 23.3 Å². The van der Waals surface area contributed by atoms with E-state index in [4.69, 9.17) is 9.15 Å². The lowest BCUT2D eigenvalue weighted by Crippen LogP contribution is -2.55. The maximum Gasteiger partial charge on any atom is 0.231 e. The highest BCUT2D eigenvalue weighted by Gasteiger charge is 2.74. The standard InChI is InChI=1S/C27H28N2O5/c1-14(2)16-6-8-17(9-7-16)28-25(31)22-21-10-11-27(34-21)23(22)26(32)29-18(20-5-4-12-33-20)13-19(30)15(3)24(27)29/h4-12,14-15,18,21-24H,13H2,1-3H3,(H,28,31)/t15-,18+,21-,22+,23-,24+,27-/m0/s1. The minimum Gasteiger partial charge on any atom is -0.467 e. The normalized spacial score (nSPS) is 35.7. The number of anilines is 1. The molecule has 4 aliphatic heterocycles. The fraction of sp³-hybridized carbons (Fsp3) is 0.444. The highest BCUT2D eigenvalue weighted by atomic mass is 16.5. The molecule has 7 nitrogen and oxygen atoms in total. The zero-order valence-corrected chi connectivity index (χ0v) is 19.4. The summed E-state index contributed by atoms with van der Waals surface area (Å²) in [6.07, 6.45) is 5.06.